The van der Waals surface area contributed by atoms with E-state index in [1.807, 2.05) is 19.1 Å². The van der Waals surface area contributed by atoms with Crippen LogP contribution in [0.15, 0.2) is 18.3 Å². The van der Waals surface area contributed by atoms with Crippen LogP contribution < -0.4 is 10.6 Å². The molecule has 2 rings (SSSR count). The maximum Gasteiger partial charge on any atom is 0.224 e. The molecule has 1 amide bonds. The van der Waals surface area contributed by atoms with Crippen LogP contribution in [0, 0.1) is 12.8 Å². The second kappa shape index (κ2) is 7.24. The van der Waals surface area contributed by atoms with Crippen molar-refractivity contribution in [1.82, 2.24) is 15.6 Å². The number of amides is 1. The molecule has 104 valence electrons. The molecule has 0 aliphatic carbocycles. The van der Waals surface area contributed by atoms with E-state index in [2.05, 4.69) is 15.6 Å². The van der Waals surface area contributed by atoms with Crippen molar-refractivity contribution in [2.24, 2.45) is 5.92 Å². The predicted octanol–water partition coefficient (Wildman–Crippen LogP) is 1.44. The van der Waals surface area contributed by atoms with Gasteiger partial charge < -0.3 is 10.6 Å². The number of piperidine rings is 1. The molecular weight excluding hydrogens is 238 g/mol. The van der Waals surface area contributed by atoms with Gasteiger partial charge in [-0.3, -0.25) is 9.78 Å². The van der Waals surface area contributed by atoms with Crippen LogP contribution in [0.4, 0.5) is 0 Å². The summed E-state index contributed by atoms with van der Waals surface area (Å²) in [5.74, 6) is 0.810. The third kappa shape index (κ3) is 4.99. The highest BCUT2D eigenvalue weighted by Crippen LogP contribution is 2.12. The molecule has 0 saturated carbocycles. The predicted molar refractivity (Wildman–Crippen MR) is 75.9 cm³/mol. The smallest absolute Gasteiger partial charge is 0.224 e. The molecule has 1 aromatic heterocycles. The monoisotopic (exact) mass is 261 g/mol. The van der Waals surface area contributed by atoms with Gasteiger partial charge in [0, 0.05) is 18.4 Å². The Labute approximate surface area is 115 Å². The number of carbonyl (C=O) groups excluding carboxylic acids is 1. The first-order valence-corrected chi connectivity index (χ1v) is 7.13. The third-order valence-corrected chi connectivity index (χ3v) is 3.61. The summed E-state index contributed by atoms with van der Waals surface area (Å²) in [5, 5.41) is 6.40. The lowest BCUT2D eigenvalue weighted by atomic mass is 9.96. The van der Waals surface area contributed by atoms with Crippen LogP contribution in [-0.2, 0) is 11.2 Å². The number of hydrogen-bond acceptors (Lipinski definition) is 3. The van der Waals surface area contributed by atoms with Crippen LogP contribution in [0.2, 0.25) is 0 Å². The highest BCUT2D eigenvalue weighted by atomic mass is 16.1. The Bertz CT molecular complexity index is 396. The van der Waals surface area contributed by atoms with Gasteiger partial charge >= 0.3 is 0 Å². The van der Waals surface area contributed by atoms with Crippen LogP contribution in [0.1, 0.15) is 30.5 Å². The lowest BCUT2D eigenvalue weighted by Gasteiger charge is -2.22. The standard InChI is InChI=1S/C15H23N3O/c1-12-4-5-14(11-18-12)9-15(19)17-8-6-13-3-2-7-16-10-13/h4-5,11,13,16H,2-3,6-10H2,1H3,(H,17,19). The highest BCUT2D eigenvalue weighted by molar-refractivity contribution is 5.78. The Morgan fingerprint density at radius 2 is 2.42 bits per heavy atom. The molecule has 4 heteroatoms. The van der Waals surface area contributed by atoms with E-state index in [9.17, 15) is 4.79 Å². The molecule has 0 spiro atoms. The van der Waals surface area contributed by atoms with E-state index in [-0.39, 0.29) is 5.91 Å². The maximum absolute atomic E-state index is 11.8. The molecule has 1 atom stereocenters. The van der Waals surface area contributed by atoms with Crippen molar-refractivity contribution < 1.29 is 4.79 Å². The fraction of sp³-hybridized carbons (Fsp3) is 0.600. The van der Waals surface area contributed by atoms with Crippen molar-refractivity contribution in [2.45, 2.75) is 32.6 Å². The van der Waals surface area contributed by atoms with Gasteiger partial charge in [0.05, 0.1) is 6.42 Å². The average molecular weight is 261 g/mol. The van der Waals surface area contributed by atoms with Crippen molar-refractivity contribution in [3.8, 4) is 0 Å². The second-order valence-corrected chi connectivity index (χ2v) is 5.34. The van der Waals surface area contributed by atoms with E-state index in [4.69, 9.17) is 0 Å². The van der Waals surface area contributed by atoms with Gasteiger partial charge in [0.1, 0.15) is 0 Å². The number of rotatable bonds is 5. The number of aryl methyl sites for hydroxylation is 1. The van der Waals surface area contributed by atoms with E-state index in [0.29, 0.717) is 6.42 Å². The van der Waals surface area contributed by atoms with E-state index in [0.717, 1.165) is 43.2 Å². The van der Waals surface area contributed by atoms with Crippen molar-refractivity contribution in [1.29, 1.82) is 0 Å². The average Bonchev–Trinajstić information content (AvgIpc) is 2.43. The van der Waals surface area contributed by atoms with Gasteiger partial charge in [-0.1, -0.05) is 6.07 Å². The van der Waals surface area contributed by atoms with Crippen molar-refractivity contribution >= 4 is 5.91 Å². The summed E-state index contributed by atoms with van der Waals surface area (Å²) in [6.07, 6.45) is 5.82. The molecule has 1 unspecified atom stereocenters. The van der Waals surface area contributed by atoms with E-state index >= 15 is 0 Å². The van der Waals surface area contributed by atoms with Crippen molar-refractivity contribution in [3.05, 3.63) is 29.6 Å². The van der Waals surface area contributed by atoms with Crippen LogP contribution in [0.3, 0.4) is 0 Å². The minimum atomic E-state index is 0.0921. The Morgan fingerprint density at radius 3 is 3.11 bits per heavy atom. The lowest BCUT2D eigenvalue weighted by Crippen LogP contribution is -2.33. The molecule has 4 nitrogen and oxygen atoms in total. The molecule has 19 heavy (non-hydrogen) atoms. The summed E-state index contributed by atoms with van der Waals surface area (Å²) in [4.78, 5) is 16.0. The first kappa shape index (κ1) is 14.0. The minimum absolute atomic E-state index is 0.0921. The Morgan fingerprint density at radius 1 is 1.53 bits per heavy atom. The summed E-state index contributed by atoms with van der Waals surface area (Å²) in [7, 11) is 0. The van der Waals surface area contributed by atoms with E-state index in [1.165, 1.54) is 12.8 Å². The van der Waals surface area contributed by atoms with Gasteiger partial charge in [-0.2, -0.15) is 0 Å². The number of nitrogens with one attached hydrogen (secondary N) is 2. The number of nitrogens with zero attached hydrogens (tertiary/aromatic N) is 1. The van der Waals surface area contributed by atoms with Gasteiger partial charge in [-0.05, 0) is 56.8 Å². The second-order valence-electron chi connectivity index (χ2n) is 5.34. The van der Waals surface area contributed by atoms with Gasteiger partial charge in [-0.15, -0.1) is 0 Å². The Balaban J connectivity index is 1.65. The fourth-order valence-electron chi connectivity index (χ4n) is 2.44. The zero-order valence-corrected chi connectivity index (χ0v) is 11.6. The summed E-state index contributed by atoms with van der Waals surface area (Å²) in [6, 6.07) is 3.91. The topological polar surface area (TPSA) is 54.0 Å². The minimum Gasteiger partial charge on any atom is -0.356 e. The van der Waals surface area contributed by atoms with Gasteiger partial charge in [0.2, 0.25) is 5.91 Å². The largest absolute Gasteiger partial charge is 0.356 e. The van der Waals surface area contributed by atoms with E-state index < -0.39 is 0 Å². The van der Waals surface area contributed by atoms with Crippen LogP contribution in [-0.4, -0.2) is 30.5 Å². The summed E-state index contributed by atoms with van der Waals surface area (Å²) < 4.78 is 0. The van der Waals surface area contributed by atoms with E-state index in [1.54, 1.807) is 6.20 Å². The Hall–Kier alpha value is -1.42. The Kier molecular flexibility index (Phi) is 5.33. The molecule has 0 radical (unpaired) electrons. The van der Waals surface area contributed by atoms with Gasteiger partial charge in [-0.25, -0.2) is 0 Å². The molecule has 1 aromatic rings. The molecule has 1 aliphatic rings. The van der Waals surface area contributed by atoms with Crippen molar-refractivity contribution in [3.63, 3.8) is 0 Å². The molecular formula is C15H23N3O. The SMILES string of the molecule is Cc1ccc(CC(=O)NCCC2CCCNC2)cn1. The van der Waals surface area contributed by atoms with Gasteiger partial charge in [0.15, 0.2) is 0 Å². The normalized spacial score (nSPS) is 19.1. The number of aromatic nitrogens is 1. The third-order valence-electron chi connectivity index (χ3n) is 3.61. The van der Waals surface area contributed by atoms with Crippen LogP contribution in [0.25, 0.3) is 0 Å². The van der Waals surface area contributed by atoms with Gasteiger partial charge in [0.25, 0.3) is 0 Å². The zero-order chi connectivity index (χ0) is 13.5. The molecule has 1 fully saturated rings. The molecule has 0 aromatic carbocycles. The number of hydrogen-bond donors (Lipinski definition) is 2. The molecule has 0 bridgehead atoms. The first-order chi connectivity index (χ1) is 9.24. The number of pyridine rings is 1. The first-order valence-electron chi connectivity index (χ1n) is 7.13. The maximum atomic E-state index is 11.8. The zero-order valence-electron chi connectivity index (χ0n) is 11.6. The van der Waals surface area contributed by atoms with Crippen molar-refractivity contribution in [2.75, 3.05) is 19.6 Å². The highest BCUT2D eigenvalue weighted by Gasteiger charge is 2.12. The molecule has 1 aliphatic heterocycles. The van der Waals surface area contributed by atoms with Crippen LogP contribution in [0.5, 0.6) is 0 Å². The van der Waals surface area contributed by atoms with Crippen LogP contribution >= 0.6 is 0 Å². The fourth-order valence-corrected chi connectivity index (χ4v) is 2.44. The summed E-state index contributed by atoms with van der Waals surface area (Å²) >= 11 is 0. The number of carbonyl (C=O) groups is 1. The summed E-state index contributed by atoms with van der Waals surface area (Å²) in [6.45, 7) is 4.97. The summed E-state index contributed by atoms with van der Waals surface area (Å²) in [5.41, 5.74) is 1.95. The lowest BCUT2D eigenvalue weighted by molar-refractivity contribution is -0.120. The molecule has 1 saturated heterocycles. The molecule has 2 N–H and O–H groups in total. The quantitative estimate of drug-likeness (QED) is 0.843. The molecule has 2 heterocycles.